The summed E-state index contributed by atoms with van der Waals surface area (Å²) in [5, 5.41) is 20.9. The number of hydrogen-bond donors (Lipinski definition) is 2. The molecule has 1 aromatic carbocycles. The number of rotatable bonds is 9. The summed E-state index contributed by atoms with van der Waals surface area (Å²) in [6, 6.07) is 6.39. The molecule has 0 unspecified atom stereocenters. The number of aliphatic hydroxyl groups excluding tert-OH is 1. The van der Waals surface area contributed by atoms with Gasteiger partial charge >= 0.3 is 0 Å². The summed E-state index contributed by atoms with van der Waals surface area (Å²) < 4.78 is 0. The van der Waals surface area contributed by atoms with E-state index in [9.17, 15) is 10.2 Å². The molecule has 3 nitrogen and oxygen atoms in total. The van der Waals surface area contributed by atoms with Gasteiger partial charge in [-0.05, 0) is 49.3 Å². The molecule has 1 aliphatic rings. The summed E-state index contributed by atoms with van der Waals surface area (Å²) in [5.74, 6) is 0.393. The van der Waals surface area contributed by atoms with Crippen molar-refractivity contribution in [3.8, 4) is 5.75 Å². The summed E-state index contributed by atoms with van der Waals surface area (Å²) in [4.78, 5) is 2.41. The molecule has 0 bridgehead atoms. The number of piperidine rings is 1. The summed E-state index contributed by atoms with van der Waals surface area (Å²) in [6.07, 6.45) is 8.62. The predicted octanol–water partition coefficient (Wildman–Crippen LogP) is 5.55. The van der Waals surface area contributed by atoms with Crippen molar-refractivity contribution in [2.75, 3.05) is 13.1 Å². The van der Waals surface area contributed by atoms with Crippen LogP contribution in [0.25, 0.3) is 0 Å². The molecule has 0 aromatic heterocycles. The van der Waals surface area contributed by atoms with Gasteiger partial charge in [0.2, 0.25) is 0 Å². The number of nitrogens with zero attached hydrogens (tertiary/aromatic N) is 1. The first-order valence-electron chi connectivity index (χ1n) is 10.6. The van der Waals surface area contributed by atoms with E-state index in [-0.39, 0.29) is 17.6 Å². The van der Waals surface area contributed by atoms with E-state index in [0.29, 0.717) is 12.2 Å². The molecule has 0 amide bonds. The number of unbranched alkanes of at least 4 members (excludes halogenated alkanes) is 3. The molecule has 2 atom stereocenters. The van der Waals surface area contributed by atoms with Gasteiger partial charge in [-0.3, -0.25) is 4.90 Å². The van der Waals surface area contributed by atoms with Crippen LogP contribution in [0.3, 0.4) is 0 Å². The number of phenolic OH excluding ortho intramolecular Hbond substituents is 1. The molecule has 2 N–H and O–H groups in total. The van der Waals surface area contributed by atoms with Crippen LogP contribution in [-0.2, 0) is 5.41 Å². The van der Waals surface area contributed by atoms with Gasteiger partial charge < -0.3 is 10.2 Å². The summed E-state index contributed by atoms with van der Waals surface area (Å²) in [6.45, 7) is 10.9. The number of likely N-dealkylation sites (tertiary alicyclic amines) is 1. The first kappa shape index (κ1) is 21.2. The molecule has 3 heteroatoms. The Labute approximate surface area is 160 Å². The third-order valence-electron chi connectivity index (χ3n) is 6.02. The first-order valence-corrected chi connectivity index (χ1v) is 10.6. The van der Waals surface area contributed by atoms with Gasteiger partial charge in [-0.15, -0.1) is 0 Å². The third kappa shape index (κ3) is 5.47. The molecule has 1 aromatic rings. The Morgan fingerprint density at radius 3 is 2.54 bits per heavy atom. The molecule has 1 heterocycles. The summed E-state index contributed by atoms with van der Waals surface area (Å²) in [7, 11) is 0. The number of hydrogen-bond acceptors (Lipinski definition) is 3. The van der Waals surface area contributed by atoms with Gasteiger partial charge in [-0.25, -0.2) is 0 Å². The molecule has 26 heavy (non-hydrogen) atoms. The van der Waals surface area contributed by atoms with Crippen molar-refractivity contribution in [2.45, 2.75) is 96.6 Å². The van der Waals surface area contributed by atoms with E-state index in [0.717, 1.165) is 37.9 Å². The maximum atomic E-state index is 10.8. The fourth-order valence-electron chi connectivity index (χ4n) is 4.26. The Morgan fingerprint density at radius 2 is 1.88 bits per heavy atom. The van der Waals surface area contributed by atoms with Gasteiger partial charge in [0, 0.05) is 18.2 Å². The minimum atomic E-state index is -0.262. The van der Waals surface area contributed by atoms with Crippen LogP contribution in [0.15, 0.2) is 18.2 Å². The Bertz CT molecular complexity index is 555. The van der Waals surface area contributed by atoms with Crippen LogP contribution in [0.1, 0.15) is 96.2 Å². The molecule has 0 radical (unpaired) electrons. The highest BCUT2D eigenvalue weighted by atomic mass is 16.3. The highest BCUT2D eigenvalue weighted by Crippen LogP contribution is 2.39. The molecular weight excluding hydrogens is 322 g/mol. The van der Waals surface area contributed by atoms with Crippen LogP contribution in [-0.4, -0.2) is 34.3 Å². The molecule has 0 spiro atoms. The normalized spacial score (nSPS) is 21.9. The van der Waals surface area contributed by atoms with Crippen molar-refractivity contribution in [1.82, 2.24) is 4.90 Å². The van der Waals surface area contributed by atoms with Crippen LogP contribution < -0.4 is 0 Å². The topological polar surface area (TPSA) is 43.7 Å². The van der Waals surface area contributed by atoms with Crippen molar-refractivity contribution >= 4 is 0 Å². The van der Waals surface area contributed by atoms with Crippen LogP contribution in [0.5, 0.6) is 5.75 Å². The average Bonchev–Trinajstić information content (AvgIpc) is 2.60. The SMILES string of the molecule is CCCCCCC(C)(C)c1ccc([C@H]2C[C@@H](O)CCN2CCC)c(O)c1. The Morgan fingerprint density at radius 1 is 1.12 bits per heavy atom. The van der Waals surface area contributed by atoms with Gasteiger partial charge in [0.25, 0.3) is 0 Å². The van der Waals surface area contributed by atoms with E-state index in [1.807, 2.05) is 6.07 Å². The molecule has 0 saturated carbocycles. The van der Waals surface area contributed by atoms with Gasteiger partial charge in [-0.2, -0.15) is 0 Å². The molecule has 0 aliphatic carbocycles. The number of aromatic hydroxyl groups is 1. The standard InChI is InChI=1S/C23H39NO2/c1-5-7-8-9-13-23(3,4)18-10-11-20(22(26)16-18)21-17-19(25)12-15-24(21)14-6-2/h10-11,16,19,21,25-26H,5-9,12-15,17H2,1-4H3/t19-,21+/m0/s1. The van der Waals surface area contributed by atoms with Crippen LogP contribution >= 0.6 is 0 Å². The van der Waals surface area contributed by atoms with Crippen LogP contribution in [0, 0.1) is 0 Å². The van der Waals surface area contributed by atoms with E-state index in [2.05, 4.69) is 44.7 Å². The van der Waals surface area contributed by atoms with Gasteiger partial charge in [0.1, 0.15) is 5.75 Å². The third-order valence-corrected chi connectivity index (χ3v) is 6.02. The smallest absolute Gasteiger partial charge is 0.120 e. The largest absolute Gasteiger partial charge is 0.508 e. The maximum absolute atomic E-state index is 10.8. The highest BCUT2D eigenvalue weighted by molar-refractivity contribution is 5.41. The molecular formula is C23H39NO2. The zero-order chi connectivity index (χ0) is 19.2. The molecule has 1 aliphatic heterocycles. The van der Waals surface area contributed by atoms with E-state index < -0.39 is 0 Å². The van der Waals surface area contributed by atoms with E-state index in [4.69, 9.17) is 0 Å². The molecule has 1 fully saturated rings. The van der Waals surface area contributed by atoms with E-state index in [1.165, 1.54) is 31.2 Å². The lowest BCUT2D eigenvalue weighted by molar-refractivity contribution is 0.0400. The van der Waals surface area contributed by atoms with Crippen molar-refractivity contribution in [3.63, 3.8) is 0 Å². The van der Waals surface area contributed by atoms with E-state index in [1.54, 1.807) is 0 Å². The zero-order valence-corrected chi connectivity index (χ0v) is 17.3. The number of aliphatic hydroxyl groups is 1. The van der Waals surface area contributed by atoms with Gasteiger partial charge in [0.15, 0.2) is 0 Å². The highest BCUT2D eigenvalue weighted by Gasteiger charge is 2.30. The second-order valence-electron chi connectivity index (χ2n) is 8.70. The average molecular weight is 362 g/mol. The van der Waals surface area contributed by atoms with Crippen molar-refractivity contribution in [3.05, 3.63) is 29.3 Å². The second-order valence-corrected chi connectivity index (χ2v) is 8.70. The zero-order valence-electron chi connectivity index (χ0n) is 17.3. The Balaban J connectivity index is 2.14. The minimum Gasteiger partial charge on any atom is -0.508 e. The minimum absolute atomic E-state index is 0.0823. The number of benzene rings is 1. The lowest BCUT2D eigenvalue weighted by Gasteiger charge is -2.38. The Hall–Kier alpha value is -1.06. The van der Waals surface area contributed by atoms with Crippen molar-refractivity contribution < 1.29 is 10.2 Å². The number of phenols is 1. The van der Waals surface area contributed by atoms with Crippen molar-refractivity contribution in [1.29, 1.82) is 0 Å². The van der Waals surface area contributed by atoms with Crippen LogP contribution in [0.2, 0.25) is 0 Å². The summed E-state index contributed by atoms with van der Waals surface area (Å²) in [5.41, 5.74) is 2.27. The molecule has 148 valence electrons. The fourth-order valence-corrected chi connectivity index (χ4v) is 4.26. The lowest BCUT2D eigenvalue weighted by Crippen LogP contribution is -2.39. The second kappa shape index (κ2) is 9.75. The van der Waals surface area contributed by atoms with Crippen molar-refractivity contribution in [2.24, 2.45) is 0 Å². The van der Waals surface area contributed by atoms with Crippen LogP contribution in [0.4, 0.5) is 0 Å². The van der Waals surface area contributed by atoms with Gasteiger partial charge in [-0.1, -0.05) is 65.5 Å². The lowest BCUT2D eigenvalue weighted by atomic mass is 9.79. The summed E-state index contributed by atoms with van der Waals surface area (Å²) >= 11 is 0. The van der Waals surface area contributed by atoms with Gasteiger partial charge in [0.05, 0.1) is 6.10 Å². The predicted molar refractivity (Wildman–Crippen MR) is 110 cm³/mol. The maximum Gasteiger partial charge on any atom is 0.120 e. The fraction of sp³-hybridized carbons (Fsp3) is 0.739. The molecule has 1 saturated heterocycles. The Kier molecular flexibility index (Phi) is 7.97. The quantitative estimate of drug-likeness (QED) is 0.567. The first-order chi connectivity index (χ1) is 12.4. The van der Waals surface area contributed by atoms with E-state index >= 15 is 0 Å². The monoisotopic (exact) mass is 361 g/mol. The molecule has 2 rings (SSSR count).